The molecular formula is C22H23N7O3. The summed E-state index contributed by atoms with van der Waals surface area (Å²) in [5.41, 5.74) is 2.77. The van der Waals surface area contributed by atoms with Gasteiger partial charge in [-0.1, -0.05) is 0 Å². The van der Waals surface area contributed by atoms with Crippen molar-refractivity contribution in [3.05, 3.63) is 48.5 Å². The van der Waals surface area contributed by atoms with Gasteiger partial charge in [0.25, 0.3) is 5.91 Å². The van der Waals surface area contributed by atoms with Gasteiger partial charge in [0, 0.05) is 37.1 Å². The zero-order chi connectivity index (χ0) is 22.1. The number of nitrogens with zero attached hydrogens (tertiary/aromatic N) is 5. The Bertz CT molecular complexity index is 1260. The van der Waals surface area contributed by atoms with E-state index in [0.717, 1.165) is 42.3 Å². The zero-order valence-electron chi connectivity index (χ0n) is 17.5. The molecule has 0 aromatic carbocycles. The fourth-order valence-corrected chi connectivity index (χ4v) is 3.82. The van der Waals surface area contributed by atoms with Crippen LogP contribution in [-0.4, -0.2) is 52.9 Å². The Hall–Kier alpha value is -3.79. The van der Waals surface area contributed by atoms with E-state index in [2.05, 4.69) is 30.4 Å². The number of nitrogens with one attached hydrogen (secondary N) is 2. The summed E-state index contributed by atoms with van der Waals surface area (Å²) in [5.74, 6) is 0.163. The summed E-state index contributed by atoms with van der Waals surface area (Å²) in [6.45, 7) is 0. The number of ether oxygens (including phenoxy) is 1. The number of carbonyl (C=O) groups is 1. The predicted molar refractivity (Wildman–Crippen MR) is 117 cm³/mol. The van der Waals surface area contributed by atoms with E-state index >= 15 is 0 Å². The number of H-pyrrole nitrogens is 1. The highest BCUT2D eigenvalue weighted by molar-refractivity contribution is 6.04. The predicted octanol–water partition coefficient (Wildman–Crippen LogP) is 2.69. The molecule has 0 aliphatic heterocycles. The van der Waals surface area contributed by atoms with Crippen LogP contribution in [0.3, 0.4) is 0 Å². The summed E-state index contributed by atoms with van der Waals surface area (Å²) < 4.78 is 7.50. The molecule has 0 radical (unpaired) electrons. The van der Waals surface area contributed by atoms with Crippen LogP contribution in [0.15, 0.2) is 43.0 Å². The molecule has 4 aromatic rings. The van der Waals surface area contributed by atoms with Gasteiger partial charge in [0.05, 0.1) is 34.8 Å². The van der Waals surface area contributed by atoms with Gasteiger partial charge in [-0.15, -0.1) is 0 Å². The minimum absolute atomic E-state index is 0.0200. The molecule has 164 valence electrons. The summed E-state index contributed by atoms with van der Waals surface area (Å²) in [6.07, 6.45) is 9.35. The first-order valence-electron chi connectivity index (χ1n) is 10.5. The Morgan fingerprint density at radius 3 is 2.84 bits per heavy atom. The molecule has 1 aliphatic carbocycles. The second kappa shape index (κ2) is 8.39. The summed E-state index contributed by atoms with van der Waals surface area (Å²) in [6, 6.07) is 5.85. The van der Waals surface area contributed by atoms with E-state index in [1.165, 1.54) is 6.20 Å². The number of aliphatic hydroxyl groups excluding tert-OH is 1. The van der Waals surface area contributed by atoms with Gasteiger partial charge < -0.3 is 20.1 Å². The molecule has 0 spiro atoms. The Kier molecular flexibility index (Phi) is 5.28. The highest BCUT2D eigenvalue weighted by Gasteiger charge is 2.21. The Morgan fingerprint density at radius 2 is 2.06 bits per heavy atom. The molecule has 32 heavy (non-hydrogen) atoms. The second-order valence-corrected chi connectivity index (χ2v) is 7.97. The van der Waals surface area contributed by atoms with Crippen molar-refractivity contribution in [3.8, 4) is 17.4 Å². The third-order valence-corrected chi connectivity index (χ3v) is 5.54. The molecule has 4 heterocycles. The molecule has 10 nitrogen and oxygen atoms in total. The maximum absolute atomic E-state index is 12.3. The van der Waals surface area contributed by atoms with Crippen molar-refractivity contribution in [1.29, 1.82) is 0 Å². The lowest BCUT2D eigenvalue weighted by Gasteiger charge is -2.25. The quantitative estimate of drug-likeness (QED) is 0.441. The lowest BCUT2D eigenvalue weighted by Crippen LogP contribution is -2.27. The summed E-state index contributed by atoms with van der Waals surface area (Å²) >= 11 is 0. The van der Waals surface area contributed by atoms with Crippen molar-refractivity contribution in [3.63, 3.8) is 0 Å². The number of pyridine rings is 1. The third kappa shape index (κ3) is 4.30. The average Bonchev–Trinajstić information content (AvgIpc) is 3.41. The Balaban J connectivity index is 1.33. The third-order valence-electron chi connectivity index (χ3n) is 5.54. The van der Waals surface area contributed by atoms with Crippen LogP contribution in [-0.2, 0) is 7.05 Å². The van der Waals surface area contributed by atoms with Crippen molar-refractivity contribution < 1.29 is 14.6 Å². The first-order chi connectivity index (χ1) is 15.5. The minimum Gasteiger partial charge on any atom is -0.460 e. The number of carbonyl (C=O) groups excluding carboxylic acids is 1. The summed E-state index contributed by atoms with van der Waals surface area (Å²) in [7, 11) is 1.75. The number of aryl methyl sites for hydroxylation is 1. The van der Waals surface area contributed by atoms with E-state index in [1.807, 2.05) is 6.07 Å². The van der Waals surface area contributed by atoms with Crippen LogP contribution in [0.2, 0.25) is 0 Å². The number of amides is 1. The molecule has 1 aliphatic rings. The van der Waals surface area contributed by atoms with Crippen molar-refractivity contribution in [1.82, 2.24) is 29.7 Å². The smallest absolute Gasteiger partial charge is 0.317 e. The molecule has 0 saturated heterocycles. The normalized spacial score (nSPS) is 18.6. The van der Waals surface area contributed by atoms with Gasteiger partial charge in [0.2, 0.25) is 0 Å². The SMILES string of the molecule is Cn1cc(C(=O)Nc2cc3[nH]c(-c4ccnc(O[C@H]5CC[C@H](O)CC5)n4)cc3cn2)cn1. The van der Waals surface area contributed by atoms with Crippen LogP contribution in [0, 0.1) is 0 Å². The topological polar surface area (TPSA) is 131 Å². The molecule has 0 bridgehead atoms. The van der Waals surface area contributed by atoms with Crippen LogP contribution in [0.1, 0.15) is 36.0 Å². The van der Waals surface area contributed by atoms with Gasteiger partial charge in [-0.3, -0.25) is 9.48 Å². The number of aliphatic hydroxyl groups is 1. The van der Waals surface area contributed by atoms with Crippen LogP contribution >= 0.6 is 0 Å². The van der Waals surface area contributed by atoms with Crippen LogP contribution in [0.25, 0.3) is 22.3 Å². The fourth-order valence-electron chi connectivity index (χ4n) is 3.82. The van der Waals surface area contributed by atoms with Crippen molar-refractivity contribution in [2.75, 3.05) is 5.32 Å². The van der Waals surface area contributed by atoms with Gasteiger partial charge in [-0.05, 0) is 37.8 Å². The first kappa shape index (κ1) is 20.1. The average molecular weight is 433 g/mol. The van der Waals surface area contributed by atoms with Crippen LogP contribution < -0.4 is 10.1 Å². The summed E-state index contributed by atoms with van der Waals surface area (Å²) in [5, 5.41) is 17.3. The maximum Gasteiger partial charge on any atom is 0.317 e. The number of hydrogen-bond acceptors (Lipinski definition) is 7. The van der Waals surface area contributed by atoms with Gasteiger partial charge in [0.1, 0.15) is 11.9 Å². The summed E-state index contributed by atoms with van der Waals surface area (Å²) in [4.78, 5) is 28.8. The number of anilines is 1. The Morgan fingerprint density at radius 1 is 1.22 bits per heavy atom. The largest absolute Gasteiger partial charge is 0.460 e. The molecule has 10 heteroatoms. The highest BCUT2D eigenvalue weighted by atomic mass is 16.5. The van der Waals surface area contributed by atoms with E-state index in [4.69, 9.17) is 4.74 Å². The molecule has 1 saturated carbocycles. The monoisotopic (exact) mass is 433 g/mol. The molecular weight excluding hydrogens is 410 g/mol. The number of fused-ring (bicyclic) bond motifs is 1. The van der Waals surface area contributed by atoms with E-state index < -0.39 is 0 Å². The van der Waals surface area contributed by atoms with Crippen LogP contribution in [0.5, 0.6) is 6.01 Å². The van der Waals surface area contributed by atoms with E-state index in [9.17, 15) is 9.90 Å². The van der Waals surface area contributed by atoms with E-state index in [1.54, 1.807) is 42.5 Å². The van der Waals surface area contributed by atoms with Gasteiger partial charge >= 0.3 is 6.01 Å². The van der Waals surface area contributed by atoms with Crippen molar-refractivity contribution >= 4 is 22.6 Å². The molecule has 1 fully saturated rings. The standard InChI is InChI=1S/C22H23N7O3/c1-29-12-14(11-25-29)21(31)28-20-9-18-13(10-24-20)8-19(26-18)17-6-7-23-22(27-17)32-16-4-2-15(30)3-5-16/h6-12,15-16,26,30H,2-5H2,1H3,(H,24,28,31)/t15-,16-. The molecule has 0 atom stereocenters. The van der Waals surface area contributed by atoms with Crippen LogP contribution in [0.4, 0.5) is 5.82 Å². The number of rotatable bonds is 5. The molecule has 0 unspecified atom stereocenters. The van der Waals surface area contributed by atoms with Gasteiger partial charge in [-0.25, -0.2) is 9.97 Å². The van der Waals surface area contributed by atoms with Crippen molar-refractivity contribution in [2.24, 2.45) is 7.05 Å². The second-order valence-electron chi connectivity index (χ2n) is 7.97. The number of aromatic nitrogens is 6. The first-order valence-corrected chi connectivity index (χ1v) is 10.5. The van der Waals surface area contributed by atoms with E-state index in [-0.39, 0.29) is 18.1 Å². The minimum atomic E-state index is -0.274. The molecule has 1 amide bonds. The van der Waals surface area contributed by atoms with Gasteiger partial charge in [0.15, 0.2) is 0 Å². The van der Waals surface area contributed by atoms with E-state index in [0.29, 0.717) is 23.1 Å². The molecule has 3 N–H and O–H groups in total. The molecule has 4 aromatic heterocycles. The van der Waals surface area contributed by atoms with Crippen molar-refractivity contribution in [2.45, 2.75) is 37.9 Å². The lowest BCUT2D eigenvalue weighted by atomic mass is 9.95. The highest BCUT2D eigenvalue weighted by Crippen LogP contribution is 2.26. The number of aromatic amines is 1. The zero-order valence-corrected chi connectivity index (χ0v) is 17.5. The number of hydrogen-bond donors (Lipinski definition) is 3. The molecule has 5 rings (SSSR count). The maximum atomic E-state index is 12.3. The van der Waals surface area contributed by atoms with Gasteiger partial charge in [-0.2, -0.15) is 10.1 Å². The lowest BCUT2D eigenvalue weighted by molar-refractivity contribution is 0.0619. The Labute approximate surface area is 183 Å². The fraction of sp³-hybridized carbons (Fsp3) is 0.318.